The number of para-hydroxylation sites is 1. The molecule has 0 spiro atoms. The number of hydrogen-bond acceptors (Lipinski definition) is 4. The standard InChI is InChI=1S/C54H90O4Si2/c1-8-14-20-29-39-59(40-30-21-15-9-2,41-31-22-16-10-3)57-52-46-51(54(55)56-48-35-27-26-28-36-48)53(49-38-37-47(7)45-50(49)52)58-60(42-32-23-17-11-4,43-33-24-18-12-5)44-34-25-19-13-6/h26-28,35-38,45-46H,8-25,29-34,39-44H2,1-7H3. The number of fused-ring (bicyclic) bond motifs is 1. The Hall–Kier alpha value is -2.58. The van der Waals surface area contributed by atoms with Gasteiger partial charge in [0.15, 0.2) is 0 Å². The lowest BCUT2D eigenvalue weighted by molar-refractivity contribution is 0.0732. The highest BCUT2D eigenvalue weighted by molar-refractivity contribution is 6.75. The SMILES string of the molecule is CCCCCC[Si](CCCCCC)(CCCCCC)Oc1cc(C(=O)Oc2ccccc2)c(O[Si](CCCCCC)(CCCCCC)CCCCCC)c2ccc(C)cc12. The van der Waals surface area contributed by atoms with Crippen molar-refractivity contribution in [2.75, 3.05) is 0 Å². The van der Waals surface area contributed by atoms with Crippen LogP contribution >= 0.6 is 0 Å². The number of benzene rings is 3. The molecule has 0 aliphatic carbocycles. The van der Waals surface area contributed by atoms with E-state index in [0.29, 0.717) is 11.3 Å². The van der Waals surface area contributed by atoms with E-state index in [1.54, 1.807) is 0 Å². The van der Waals surface area contributed by atoms with Gasteiger partial charge in [-0.25, -0.2) is 4.79 Å². The first kappa shape index (κ1) is 51.8. The van der Waals surface area contributed by atoms with Crippen LogP contribution in [-0.4, -0.2) is 22.6 Å². The molecule has 3 aromatic carbocycles. The number of rotatable bonds is 36. The molecule has 338 valence electrons. The highest BCUT2D eigenvalue weighted by Crippen LogP contribution is 2.44. The molecule has 60 heavy (non-hydrogen) atoms. The molecular formula is C54H90O4Si2. The van der Waals surface area contributed by atoms with Crippen molar-refractivity contribution in [3.05, 3.63) is 65.7 Å². The lowest BCUT2D eigenvalue weighted by atomic mass is 10.0. The molecule has 3 rings (SSSR count). The number of carbonyl (C=O) groups excluding carboxylic acids is 1. The second-order valence-electron chi connectivity index (χ2n) is 18.4. The average Bonchev–Trinajstić information content (AvgIpc) is 3.25. The maximum atomic E-state index is 14.8. The van der Waals surface area contributed by atoms with Gasteiger partial charge in [-0.05, 0) is 67.5 Å². The third-order valence-electron chi connectivity index (χ3n) is 12.9. The number of aryl methyl sites for hydroxylation is 1. The van der Waals surface area contributed by atoms with Gasteiger partial charge in [0, 0.05) is 10.8 Å². The van der Waals surface area contributed by atoms with Gasteiger partial charge >= 0.3 is 5.97 Å². The van der Waals surface area contributed by atoms with Crippen molar-refractivity contribution in [1.29, 1.82) is 0 Å². The van der Waals surface area contributed by atoms with Crippen molar-refractivity contribution in [3.63, 3.8) is 0 Å². The first-order chi connectivity index (χ1) is 29.3. The van der Waals surface area contributed by atoms with E-state index in [4.69, 9.17) is 13.6 Å². The Labute approximate surface area is 372 Å². The van der Waals surface area contributed by atoms with Crippen molar-refractivity contribution in [2.24, 2.45) is 0 Å². The quantitative estimate of drug-likeness (QED) is 0.0253. The topological polar surface area (TPSA) is 44.8 Å². The number of carbonyl (C=O) groups is 1. The summed E-state index contributed by atoms with van der Waals surface area (Å²) in [4.78, 5) is 14.8. The molecule has 0 saturated carbocycles. The minimum atomic E-state index is -2.37. The van der Waals surface area contributed by atoms with Gasteiger partial charge in [-0.15, -0.1) is 0 Å². The molecule has 0 amide bonds. The minimum Gasteiger partial charge on any atom is -0.543 e. The first-order valence-electron chi connectivity index (χ1n) is 25.5. The highest BCUT2D eigenvalue weighted by Gasteiger charge is 2.40. The number of unbranched alkanes of at least 4 members (excludes halogenated alkanes) is 18. The van der Waals surface area contributed by atoms with Crippen molar-refractivity contribution in [2.45, 2.75) is 239 Å². The van der Waals surface area contributed by atoms with Gasteiger partial charge < -0.3 is 13.6 Å². The zero-order valence-corrected chi connectivity index (χ0v) is 42.0. The second kappa shape index (κ2) is 30.5. The smallest absolute Gasteiger partial charge is 0.347 e. The third-order valence-corrected chi connectivity index (χ3v) is 21.8. The monoisotopic (exact) mass is 859 g/mol. The van der Waals surface area contributed by atoms with Crippen LogP contribution in [0.15, 0.2) is 54.6 Å². The van der Waals surface area contributed by atoms with Crippen LogP contribution in [0, 0.1) is 6.92 Å². The van der Waals surface area contributed by atoms with Crippen LogP contribution in [0.3, 0.4) is 0 Å². The lowest BCUT2D eigenvalue weighted by Crippen LogP contribution is -2.43. The molecule has 0 heterocycles. The molecule has 6 heteroatoms. The summed E-state index contributed by atoms with van der Waals surface area (Å²) in [5, 5.41) is 2.14. The van der Waals surface area contributed by atoms with Gasteiger partial charge in [-0.2, -0.15) is 0 Å². The summed E-state index contributed by atoms with van der Waals surface area (Å²) in [5.74, 6) is 1.87. The Morgan fingerprint density at radius 2 is 0.850 bits per heavy atom. The summed E-state index contributed by atoms with van der Waals surface area (Å²) in [6, 6.07) is 25.5. The number of hydrogen-bond donors (Lipinski definition) is 0. The van der Waals surface area contributed by atoms with Crippen molar-refractivity contribution < 1.29 is 18.4 Å². The Morgan fingerprint density at radius 3 is 1.25 bits per heavy atom. The van der Waals surface area contributed by atoms with Crippen molar-refractivity contribution in [1.82, 2.24) is 0 Å². The van der Waals surface area contributed by atoms with E-state index in [9.17, 15) is 4.79 Å². The predicted octanol–water partition coefficient (Wildman–Crippen LogP) is 18.5. The Balaban J connectivity index is 2.31. The average molecular weight is 859 g/mol. The molecule has 0 atom stereocenters. The molecule has 3 aromatic rings. The predicted molar refractivity (Wildman–Crippen MR) is 267 cm³/mol. The van der Waals surface area contributed by atoms with E-state index in [-0.39, 0.29) is 5.97 Å². The second-order valence-corrected chi connectivity index (χ2v) is 26.6. The highest BCUT2D eigenvalue weighted by atomic mass is 28.4. The number of esters is 1. The normalized spacial score (nSPS) is 12.0. The summed E-state index contributed by atoms with van der Waals surface area (Å²) in [6.07, 6.45) is 29.8. The van der Waals surface area contributed by atoms with Gasteiger partial charge in [0.1, 0.15) is 22.8 Å². The van der Waals surface area contributed by atoms with Crippen molar-refractivity contribution >= 4 is 33.4 Å². The molecule has 0 fully saturated rings. The molecule has 0 radical (unpaired) electrons. The van der Waals surface area contributed by atoms with Crippen LogP contribution in [0.25, 0.3) is 10.8 Å². The molecule has 0 aliphatic heterocycles. The fourth-order valence-corrected chi connectivity index (χ4v) is 18.0. The molecule has 0 aromatic heterocycles. The van der Waals surface area contributed by atoms with Gasteiger partial charge in [0.25, 0.3) is 16.6 Å². The minimum absolute atomic E-state index is 0.338. The van der Waals surface area contributed by atoms with E-state index < -0.39 is 16.6 Å². The summed E-state index contributed by atoms with van der Waals surface area (Å²) in [5.41, 5.74) is 1.75. The van der Waals surface area contributed by atoms with Crippen LogP contribution in [-0.2, 0) is 0 Å². The third kappa shape index (κ3) is 18.4. The molecule has 0 N–H and O–H groups in total. The fraction of sp³-hybridized carbons (Fsp3) is 0.685. The largest absolute Gasteiger partial charge is 0.543 e. The zero-order valence-electron chi connectivity index (χ0n) is 40.0. The van der Waals surface area contributed by atoms with Crippen molar-refractivity contribution in [3.8, 4) is 17.2 Å². The van der Waals surface area contributed by atoms with E-state index in [2.05, 4.69) is 72.7 Å². The zero-order chi connectivity index (χ0) is 43.3. The summed E-state index contributed by atoms with van der Waals surface area (Å²) >= 11 is 0. The molecule has 0 saturated heterocycles. The summed E-state index contributed by atoms with van der Waals surface area (Å²) in [6.45, 7) is 16.0. The Kier molecular flexibility index (Phi) is 26.3. The fourth-order valence-electron chi connectivity index (χ4n) is 9.23. The maximum Gasteiger partial charge on any atom is 0.347 e. The molecule has 0 aliphatic rings. The molecule has 4 nitrogen and oxygen atoms in total. The van der Waals surface area contributed by atoms with E-state index in [1.807, 2.05) is 30.3 Å². The van der Waals surface area contributed by atoms with E-state index >= 15 is 0 Å². The Morgan fingerprint density at radius 1 is 0.450 bits per heavy atom. The van der Waals surface area contributed by atoms with Crippen LogP contribution in [0.5, 0.6) is 17.2 Å². The van der Waals surface area contributed by atoms with Crippen LogP contribution in [0.1, 0.15) is 212 Å². The van der Waals surface area contributed by atoms with Crippen LogP contribution in [0.2, 0.25) is 36.3 Å². The lowest BCUT2D eigenvalue weighted by Gasteiger charge is -2.36. The van der Waals surface area contributed by atoms with Crippen LogP contribution < -0.4 is 13.6 Å². The Bertz CT molecular complexity index is 1510. The first-order valence-corrected chi connectivity index (χ1v) is 30.6. The van der Waals surface area contributed by atoms with Gasteiger partial charge in [-0.1, -0.05) is 232 Å². The number of ether oxygens (including phenoxy) is 1. The maximum absolute atomic E-state index is 14.8. The molecule has 0 bridgehead atoms. The summed E-state index contributed by atoms with van der Waals surface area (Å²) < 4.78 is 21.9. The van der Waals surface area contributed by atoms with E-state index in [1.165, 1.54) is 178 Å². The van der Waals surface area contributed by atoms with Gasteiger partial charge in [0.2, 0.25) is 0 Å². The van der Waals surface area contributed by atoms with Gasteiger partial charge in [-0.3, -0.25) is 0 Å². The molecular weight excluding hydrogens is 769 g/mol. The summed E-state index contributed by atoms with van der Waals surface area (Å²) in [7, 11) is -4.65. The van der Waals surface area contributed by atoms with Crippen LogP contribution in [0.4, 0.5) is 0 Å². The molecule has 0 unspecified atom stereocenters. The van der Waals surface area contributed by atoms with E-state index in [0.717, 1.165) is 40.4 Å². The van der Waals surface area contributed by atoms with Gasteiger partial charge in [0.05, 0.1) is 0 Å².